The quantitative estimate of drug-likeness (QED) is 0.161. The van der Waals surface area contributed by atoms with Gasteiger partial charge in [0.05, 0.1) is 0 Å². The summed E-state index contributed by atoms with van der Waals surface area (Å²) in [5.74, 6) is 2.37. The van der Waals surface area contributed by atoms with Gasteiger partial charge in [0.2, 0.25) is 0 Å². The van der Waals surface area contributed by atoms with Crippen LogP contribution in [-0.4, -0.2) is 36.2 Å². The Balaban J connectivity index is 2.03. The third-order valence-corrected chi connectivity index (χ3v) is 7.20. The van der Waals surface area contributed by atoms with E-state index in [1.165, 1.54) is 138 Å². The van der Waals surface area contributed by atoms with Crippen LogP contribution in [0, 0.1) is 0 Å². The molecule has 0 fully saturated rings. The molecule has 0 aliphatic carbocycles. The first-order valence-corrected chi connectivity index (χ1v) is 15.3. The Morgan fingerprint density at radius 2 is 0.857 bits per heavy atom. The van der Waals surface area contributed by atoms with Crippen molar-refractivity contribution < 1.29 is 0 Å². The van der Waals surface area contributed by atoms with Crippen LogP contribution in [0.3, 0.4) is 0 Å². The lowest BCUT2D eigenvalue weighted by molar-refractivity contribution is 0.529. The number of hydrogen-bond donors (Lipinski definition) is 0. The Morgan fingerprint density at radius 3 is 1.29 bits per heavy atom. The largest absolute Gasteiger partial charge is 0.311 e. The van der Waals surface area contributed by atoms with Crippen molar-refractivity contribution in [2.75, 3.05) is 19.6 Å². The summed E-state index contributed by atoms with van der Waals surface area (Å²) in [4.78, 5) is 12.8. The summed E-state index contributed by atoms with van der Waals surface area (Å²) in [6, 6.07) is 8.85. The van der Waals surface area contributed by atoms with Crippen molar-refractivity contribution in [3.05, 3.63) is 35.4 Å². The molecule has 1 aromatic rings. The Kier molecular flexibility index (Phi) is 16.5. The summed E-state index contributed by atoms with van der Waals surface area (Å²) >= 11 is 0. The third kappa shape index (κ3) is 11.3. The minimum atomic E-state index is 0.938. The van der Waals surface area contributed by atoms with E-state index in [1.54, 1.807) is 0 Å². The zero-order valence-corrected chi connectivity index (χ0v) is 23.5. The minimum absolute atomic E-state index is 0.938. The first-order valence-electron chi connectivity index (χ1n) is 15.3. The van der Waals surface area contributed by atoms with Crippen molar-refractivity contribution in [2.24, 2.45) is 9.98 Å². The minimum Gasteiger partial charge on any atom is -0.311 e. The van der Waals surface area contributed by atoms with E-state index in [-0.39, 0.29) is 0 Å². The number of amidine groups is 2. The Labute approximate surface area is 217 Å². The van der Waals surface area contributed by atoms with Gasteiger partial charge in [-0.25, -0.2) is 0 Å². The molecule has 198 valence electrons. The van der Waals surface area contributed by atoms with Crippen LogP contribution in [0.4, 0.5) is 0 Å². The van der Waals surface area contributed by atoms with Crippen molar-refractivity contribution in [3.8, 4) is 0 Å². The van der Waals surface area contributed by atoms with Gasteiger partial charge in [-0.05, 0) is 19.3 Å². The standard InChI is InChI=1S/C32H55N3/c1-4-7-10-13-16-21-26-33-31-29-24-19-20-25-30(29)32(34-27-22-17-14-11-8-5-2)35(31)28-23-18-15-12-9-6-3/h19-20,24-25H,4-18,21-23,26-28H2,1-3H3. The summed E-state index contributed by atoms with van der Waals surface area (Å²) in [6.07, 6.45) is 23.7. The summed E-state index contributed by atoms with van der Waals surface area (Å²) < 4.78 is 0. The fraction of sp³-hybridized carbons (Fsp3) is 0.750. The first-order chi connectivity index (χ1) is 17.3. The normalized spacial score (nSPS) is 15.5. The van der Waals surface area contributed by atoms with Gasteiger partial charge in [0.25, 0.3) is 0 Å². The summed E-state index contributed by atoms with van der Waals surface area (Å²) in [7, 11) is 0. The van der Waals surface area contributed by atoms with Gasteiger partial charge in [-0.2, -0.15) is 0 Å². The van der Waals surface area contributed by atoms with E-state index in [4.69, 9.17) is 9.98 Å². The van der Waals surface area contributed by atoms with Crippen LogP contribution < -0.4 is 0 Å². The SMILES string of the molecule is CCCCCCCCN=C1c2ccccc2C(=NCCCCCCCC)N1CCCCCCCC. The van der Waals surface area contributed by atoms with Gasteiger partial charge in [0.15, 0.2) is 0 Å². The smallest absolute Gasteiger partial charge is 0.137 e. The van der Waals surface area contributed by atoms with E-state index in [9.17, 15) is 0 Å². The lowest BCUT2D eigenvalue weighted by Gasteiger charge is -2.21. The zero-order chi connectivity index (χ0) is 25.0. The molecule has 0 unspecified atom stereocenters. The summed E-state index contributed by atoms with van der Waals surface area (Å²) in [5.41, 5.74) is 2.59. The van der Waals surface area contributed by atoms with E-state index in [1.807, 2.05) is 0 Å². The van der Waals surface area contributed by atoms with E-state index in [2.05, 4.69) is 49.9 Å². The number of aliphatic imine (C=N–C) groups is 2. The Hall–Kier alpha value is -1.64. The molecule has 0 saturated heterocycles. The van der Waals surface area contributed by atoms with Gasteiger partial charge >= 0.3 is 0 Å². The highest BCUT2D eigenvalue weighted by Gasteiger charge is 2.30. The maximum Gasteiger partial charge on any atom is 0.137 e. The van der Waals surface area contributed by atoms with Gasteiger partial charge in [0, 0.05) is 30.8 Å². The fourth-order valence-corrected chi connectivity index (χ4v) is 5.02. The monoisotopic (exact) mass is 481 g/mol. The second kappa shape index (κ2) is 19.5. The molecule has 1 aliphatic heterocycles. The lowest BCUT2D eigenvalue weighted by Crippen LogP contribution is -2.32. The Morgan fingerprint density at radius 1 is 0.486 bits per heavy atom. The zero-order valence-electron chi connectivity index (χ0n) is 23.5. The van der Waals surface area contributed by atoms with Crippen molar-refractivity contribution in [2.45, 2.75) is 136 Å². The highest BCUT2D eigenvalue weighted by Crippen LogP contribution is 2.25. The highest BCUT2D eigenvalue weighted by atomic mass is 15.3. The van der Waals surface area contributed by atoms with Crippen LogP contribution >= 0.6 is 0 Å². The molecule has 0 aromatic heterocycles. The number of unbranched alkanes of at least 4 members (excludes halogenated alkanes) is 15. The Bertz CT molecular complexity index is 668. The third-order valence-electron chi connectivity index (χ3n) is 7.20. The first kappa shape index (κ1) is 29.6. The molecule has 35 heavy (non-hydrogen) atoms. The topological polar surface area (TPSA) is 28.0 Å². The molecular formula is C32H55N3. The van der Waals surface area contributed by atoms with Crippen LogP contribution in [0.1, 0.15) is 147 Å². The number of fused-ring (bicyclic) bond motifs is 1. The molecule has 1 aliphatic rings. The molecule has 0 N–H and O–H groups in total. The van der Waals surface area contributed by atoms with E-state index >= 15 is 0 Å². The van der Waals surface area contributed by atoms with Crippen molar-refractivity contribution in [1.29, 1.82) is 0 Å². The lowest BCUT2D eigenvalue weighted by atomic mass is 10.1. The second-order valence-electron chi connectivity index (χ2n) is 10.4. The molecule has 0 spiro atoms. The number of hydrogen-bond acceptors (Lipinski definition) is 2. The molecule has 2 rings (SSSR count). The summed E-state index contributed by atoms with van der Waals surface area (Å²) in [5, 5.41) is 0. The molecular weight excluding hydrogens is 426 g/mol. The maximum atomic E-state index is 5.18. The molecule has 3 heteroatoms. The molecule has 0 atom stereocenters. The number of rotatable bonds is 21. The molecule has 1 aromatic carbocycles. The number of benzene rings is 1. The van der Waals surface area contributed by atoms with Crippen LogP contribution in [0.2, 0.25) is 0 Å². The van der Waals surface area contributed by atoms with Gasteiger partial charge < -0.3 is 4.90 Å². The number of nitrogens with zero attached hydrogens (tertiary/aromatic N) is 3. The van der Waals surface area contributed by atoms with Gasteiger partial charge in [-0.15, -0.1) is 0 Å². The van der Waals surface area contributed by atoms with Gasteiger partial charge in [0.1, 0.15) is 11.7 Å². The predicted molar refractivity (Wildman–Crippen MR) is 156 cm³/mol. The highest BCUT2D eigenvalue weighted by molar-refractivity contribution is 6.25. The van der Waals surface area contributed by atoms with Gasteiger partial charge in [-0.3, -0.25) is 9.98 Å². The van der Waals surface area contributed by atoms with Crippen LogP contribution in [0.25, 0.3) is 0 Å². The fourth-order valence-electron chi connectivity index (χ4n) is 5.02. The van der Waals surface area contributed by atoms with Crippen LogP contribution in [0.15, 0.2) is 34.3 Å². The second-order valence-corrected chi connectivity index (χ2v) is 10.4. The van der Waals surface area contributed by atoms with Crippen LogP contribution in [-0.2, 0) is 0 Å². The van der Waals surface area contributed by atoms with E-state index < -0.39 is 0 Å². The molecule has 0 radical (unpaired) electrons. The molecule has 3 nitrogen and oxygen atoms in total. The van der Waals surface area contributed by atoms with Crippen LogP contribution in [0.5, 0.6) is 0 Å². The van der Waals surface area contributed by atoms with E-state index in [0.29, 0.717) is 0 Å². The van der Waals surface area contributed by atoms with Crippen molar-refractivity contribution >= 4 is 11.7 Å². The van der Waals surface area contributed by atoms with Crippen molar-refractivity contribution in [1.82, 2.24) is 4.90 Å². The van der Waals surface area contributed by atoms with E-state index in [0.717, 1.165) is 19.6 Å². The average molecular weight is 482 g/mol. The summed E-state index contributed by atoms with van der Waals surface area (Å²) in [6.45, 7) is 9.79. The molecule has 0 saturated carbocycles. The van der Waals surface area contributed by atoms with Crippen molar-refractivity contribution in [3.63, 3.8) is 0 Å². The maximum absolute atomic E-state index is 5.18. The average Bonchev–Trinajstić information content (AvgIpc) is 3.17. The molecule has 0 amide bonds. The molecule has 1 heterocycles. The van der Waals surface area contributed by atoms with Gasteiger partial charge in [-0.1, -0.05) is 141 Å². The molecule has 0 bridgehead atoms. The predicted octanol–water partition coefficient (Wildman–Crippen LogP) is 9.58.